The van der Waals surface area contributed by atoms with Crippen molar-refractivity contribution in [3.63, 3.8) is 0 Å². The number of carbonyl (C=O) groups is 1. The van der Waals surface area contributed by atoms with E-state index in [1.165, 1.54) is 11.1 Å². The highest BCUT2D eigenvalue weighted by Crippen LogP contribution is 2.43. The molecule has 0 aromatic heterocycles. The largest absolute Gasteiger partial charge is 0.497 e. The first kappa shape index (κ1) is 37.2. The van der Waals surface area contributed by atoms with Gasteiger partial charge in [0.05, 0.1) is 45.1 Å². The fourth-order valence-electron chi connectivity index (χ4n) is 5.26. The molecule has 1 fully saturated rings. The van der Waals surface area contributed by atoms with Crippen molar-refractivity contribution in [2.75, 3.05) is 13.7 Å². The zero-order chi connectivity index (χ0) is 32.3. The van der Waals surface area contributed by atoms with Gasteiger partial charge in [-0.25, -0.2) is 0 Å². The summed E-state index contributed by atoms with van der Waals surface area (Å²) in [5, 5.41) is 10.7. The lowest BCUT2D eigenvalue weighted by atomic mass is 9.95. The van der Waals surface area contributed by atoms with Gasteiger partial charge >= 0.3 is 5.97 Å². The van der Waals surface area contributed by atoms with Gasteiger partial charge in [0, 0.05) is 0 Å². The number of aliphatic hydroxyl groups is 1. The summed E-state index contributed by atoms with van der Waals surface area (Å²) in [6, 6.07) is 11.2. The van der Waals surface area contributed by atoms with Crippen LogP contribution in [0, 0.1) is 0 Å². The second kappa shape index (κ2) is 16.9. The Kier molecular flexibility index (Phi) is 14.6. The van der Waals surface area contributed by atoms with Crippen molar-refractivity contribution in [3.05, 3.63) is 53.1 Å². The van der Waals surface area contributed by atoms with Crippen LogP contribution in [0.5, 0.6) is 5.75 Å². The molecule has 0 unspecified atom stereocenters. The van der Waals surface area contributed by atoms with Crippen molar-refractivity contribution >= 4 is 14.3 Å². The molecule has 1 heterocycles. The molecule has 7 nitrogen and oxygen atoms in total. The maximum atomic E-state index is 12.2. The van der Waals surface area contributed by atoms with Gasteiger partial charge in [-0.15, -0.1) is 0 Å². The molecule has 1 aromatic rings. The summed E-state index contributed by atoms with van der Waals surface area (Å²) in [6.45, 7) is 19.6. The van der Waals surface area contributed by atoms with Crippen LogP contribution in [0.2, 0.25) is 18.1 Å². The average Bonchev–Trinajstić information content (AvgIpc) is 3.64. The predicted molar refractivity (Wildman–Crippen MR) is 176 cm³/mol. The highest BCUT2D eigenvalue weighted by atomic mass is 28.4. The van der Waals surface area contributed by atoms with E-state index in [0.717, 1.165) is 42.3 Å². The minimum Gasteiger partial charge on any atom is -0.497 e. The third-order valence-corrected chi connectivity index (χ3v) is 13.3. The molecule has 0 spiro atoms. The Balaban J connectivity index is 1.98. The number of benzene rings is 1. The van der Waals surface area contributed by atoms with E-state index in [0.29, 0.717) is 19.6 Å². The summed E-state index contributed by atoms with van der Waals surface area (Å²) in [6.07, 6.45) is 5.77. The van der Waals surface area contributed by atoms with E-state index < -0.39 is 31.6 Å². The molecular weight excluding hydrogens is 560 g/mol. The van der Waals surface area contributed by atoms with Gasteiger partial charge in [-0.3, -0.25) is 4.79 Å². The minimum atomic E-state index is -1.83. The van der Waals surface area contributed by atoms with Gasteiger partial charge < -0.3 is 28.5 Å². The average molecular weight is 619 g/mol. The van der Waals surface area contributed by atoms with Crippen LogP contribution in [0.3, 0.4) is 0 Å². The van der Waals surface area contributed by atoms with E-state index in [-0.39, 0.29) is 18.6 Å². The van der Waals surface area contributed by atoms with Crippen LogP contribution >= 0.6 is 0 Å². The number of carbonyl (C=O) groups excluding carboxylic acids is 1. The first-order chi connectivity index (χ1) is 20.2. The Labute approximate surface area is 262 Å². The Morgan fingerprint density at radius 3 is 2.28 bits per heavy atom. The number of aliphatic hydroxyl groups excluding tert-OH is 1. The van der Waals surface area contributed by atoms with Gasteiger partial charge in [0.25, 0.3) is 0 Å². The van der Waals surface area contributed by atoms with E-state index >= 15 is 0 Å². The van der Waals surface area contributed by atoms with Crippen molar-refractivity contribution < 1.29 is 33.3 Å². The molecule has 0 aliphatic carbocycles. The predicted octanol–water partition coefficient (Wildman–Crippen LogP) is 7.92. The molecule has 0 saturated carbocycles. The highest BCUT2D eigenvalue weighted by molar-refractivity contribution is 6.73. The Hall–Kier alpha value is -1.97. The summed E-state index contributed by atoms with van der Waals surface area (Å²) in [5.41, 5.74) is 2.28. The molecule has 2 rings (SSSR count). The fraction of sp³-hybridized carbons (Fsp3) is 0.686. The number of rotatable bonds is 19. The Morgan fingerprint density at radius 2 is 1.72 bits per heavy atom. The van der Waals surface area contributed by atoms with Gasteiger partial charge in [-0.05, 0) is 102 Å². The van der Waals surface area contributed by atoms with E-state index in [2.05, 4.69) is 46.8 Å². The number of hydrogen-bond donors (Lipinski definition) is 1. The van der Waals surface area contributed by atoms with E-state index in [4.69, 9.17) is 23.4 Å². The van der Waals surface area contributed by atoms with Crippen LogP contribution in [-0.4, -0.2) is 62.6 Å². The van der Waals surface area contributed by atoms with E-state index in [1.54, 1.807) is 7.11 Å². The summed E-state index contributed by atoms with van der Waals surface area (Å²) in [5.74, 6) is 0.432. The lowest BCUT2D eigenvalue weighted by Gasteiger charge is -2.34. The Bertz CT molecular complexity index is 1050. The zero-order valence-electron chi connectivity index (χ0n) is 28.5. The molecule has 1 aliphatic heterocycles. The maximum Gasteiger partial charge on any atom is 0.309 e. The fourth-order valence-corrected chi connectivity index (χ4v) is 8.16. The third kappa shape index (κ3) is 12.1. The molecule has 1 aromatic carbocycles. The first-order valence-corrected chi connectivity index (χ1v) is 18.5. The van der Waals surface area contributed by atoms with Crippen LogP contribution in [-0.2, 0) is 30.0 Å². The SMILES string of the molecule is CC[Si](CC)(CC)O[C@@H](CC/C(C)=C/COCc1ccc(OC)cc1)/C(C)=C\C[C@@H]1O[C@@]1(C)[C@@H](O)CC(=O)OC(C)(C)C. The van der Waals surface area contributed by atoms with E-state index in [9.17, 15) is 9.90 Å². The highest BCUT2D eigenvalue weighted by Gasteiger charge is 2.57. The molecule has 0 bridgehead atoms. The number of allylic oxidation sites excluding steroid dienone is 1. The van der Waals surface area contributed by atoms with Gasteiger partial charge in [0.1, 0.15) is 17.0 Å². The third-order valence-electron chi connectivity index (χ3n) is 8.69. The lowest BCUT2D eigenvalue weighted by molar-refractivity contribution is -0.158. The molecule has 1 saturated heterocycles. The normalized spacial score (nSPS) is 21.0. The van der Waals surface area contributed by atoms with Crippen LogP contribution in [0.15, 0.2) is 47.6 Å². The first-order valence-electron chi connectivity index (χ1n) is 16.0. The lowest BCUT2D eigenvalue weighted by Crippen LogP contribution is -2.40. The smallest absolute Gasteiger partial charge is 0.309 e. The topological polar surface area (TPSA) is 86.8 Å². The molecular formula is C35H58O7Si. The molecule has 43 heavy (non-hydrogen) atoms. The van der Waals surface area contributed by atoms with Crippen LogP contribution < -0.4 is 4.74 Å². The number of esters is 1. The van der Waals surface area contributed by atoms with Gasteiger partial charge in [-0.2, -0.15) is 0 Å². The van der Waals surface area contributed by atoms with Crippen molar-refractivity contribution in [1.82, 2.24) is 0 Å². The molecule has 0 amide bonds. The molecule has 1 aliphatic rings. The second-order valence-corrected chi connectivity index (χ2v) is 17.8. The molecule has 1 N–H and O–H groups in total. The number of ether oxygens (including phenoxy) is 4. The number of epoxide rings is 1. The second-order valence-electron chi connectivity index (χ2n) is 13.1. The molecule has 8 heteroatoms. The summed E-state index contributed by atoms with van der Waals surface area (Å²) in [4.78, 5) is 12.2. The van der Waals surface area contributed by atoms with E-state index in [1.807, 2.05) is 52.0 Å². The van der Waals surface area contributed by atoms with Gasteiger partial charge in [-0.1, -0.05) is 50.6 Å². The molecule has 244 valence electrons. The van der Waals surface area contributed by atoms with Crippen LogP contribution in [0.4, 0.5) is 0 Å². The minimum absolute atomic E-state index is 0.0341. The summed E-state index contributed by atoms with van der Waals surface area (Å²) >= 11 is 0. The number of hydrogen-bond acceptors (Lipinski definition) is 7. The Morgan fingerprint density at radius 1 is 1.09 bits per heavy atom. The monoisotopic (exact) mass is 618 g/mol. The quantitative estimate of drug-likeness (QED) is 0.0554. The van der Waals surface area contributed by atoms with Crippen LogP contribution in [0.1, 0.15) is 93.6 Å². The summed E-state index contributed by atoms with van der Waals surface area (Å²) < 4.78 is 29.4. The molecule has 4 atom stereocenters. The van der Waals surface area contributed by atoms with Crippen molar-refractivity contribution in [3.8, 4) is 5.75 Å². The van der Waals surface area contributed by atoms with Gasteiger partial charge in [0.2, 0.25) is 0 Å². The standard InChI is InChI=1S/C35H58O7Si/c1-11-43(12-2,13-3)42-30(20-14-26(4)22-23-39-25-28-16-18-29(38-10)19-17-28)27(5)15-21-32-35(9,40-32)31(36)24-33(37)41-34(6,7)8/h15-19,22,30-32,36H,11-14,20-21,23-25H2,1-10H3/b26-22+,27-15-/t30-,31-,32-,35-/m0/s1. The number of methoxy groups -OCH3 is 1. The maximum absolute atomic E-state index is 12.2. The van der Waals surface area contributed by atoms with Crippen molar-refractivity contribution in [2.24, 2.45) is 0 Å². The molecule has 0 radical (unpaired) electrons. The summed E-state index contributed by atoms with van der Waals surface area (Å²) in [7, 11) is -0.165. The van der Waals surface area contributed by atoms with Crippen molar-refractivity contribution in [1.29, 1.82) is 0 Å². The van der Waals surface area contributed by atoms with Gasteiger partial charge in [0.15, 0.2) is 8.32 Å². The van der Waals surface area contributed by atoms with Crippen molar-refractivity contribution in [2.45, 2.75) is 142 Å². The van der Waals surface area contributed by atoms with Crippen LogP contribution in [0.25, 0.3) is 0 Å². The zero-order valence-corrected chi connectivity index (χ0v) is 29.5.